The lowest BCUT2D eigenvalue weighted by Crippen LogP contribution is -2.33. The van der Waals surface area contributed by atoms with Gasteiger partial charge in [-0.3, -0.25) is 9.59 Å². The Labute approximate surface area is 173 Å². The molecule has 2 aromatic carbocycles. The number of benzene rings is 2. The van der Waals surface area contributed by atoms with Gasteiger partial charge in [-0.2, -0.15) is 0 Å². The fraction of sp³-hybridized carbons (Fsp3) is 0.286. The standard InChI is InChI=1S/C21H23N3O2S2/c1-14-8-10-16(11-9-14)22-19(25)13-27-15(2)21(26)24(3)12-20-23-17-6-4-5-7-18(17)28-20/h4-11,15H,12-13H2,1-3H3,(H,22,25). The maximum Gasteiger partial charge on any atom is 0.235 e. The molecule has 0 aliphatic carbocycles. The van der Waals surface area contributed by atoms with Gasteiger partial charge in [0.25, 0.3) is 0 Å². The Kier molecular flexibility index (Phi) is 6.70. The summed E-state index contributed by atoms with van der Waals surface area (Å²) in [6, 6.07) is 15.6. The monoisotopic (exact) mass is 413 g/mol. The number of hydrogen-bond donors (Lipinski definition) is 1. The number of rotatable bonds is 7. The fourth-order valence-corrected chi connectivity index (χ4v) is 4.50. The van der Waals surface area contributed by atoms with Crippen LogP contribution in [0.4, 0.5) is 5.69 Å². The van der Waals surface area contributed by atoms with Crippen molar-refractivity contribution in [3.8, 4) is 0 Å². The van der Waals surface area contributed by atoms with Crippen molar-refractivity contribution in [2.75, 3.05) is 18.1 Å². The lowest BCUT2D eigenvalue weighted by atomic mass is 10.2. The number of hydrogen-bond acceptors (Lipinski definition) is 5. The number of carbonyl (C=O) groups is 2. The summed E-state index contributed by atoms with van der Waals surface area (Å²) in [7, 11) is 1.78. The Morgan fingerprint density at radius 3 is 2.61 bits per heavy atom. The van der Waals surface area contributed by atoms with E-state index in [2.05, 4.69) is 10.3 Å². The maximum atomic E-state index is 12.6. The van der Waals surface area contributed by atoms with E-state index >= 15 is 0 Å². The first kappa shape index (κ1) is 20.4. The van der Waals surface area contributed by atoms with E-state index in [9.17, 15) is 9.59 Å². The van der Waals surface area contributed by atoms with Gasteiger partial charge in [-0.15, -0.1) is 23.1 Å². The van der Waals surface area contributed by atoms with Gasteiger partial charge in [0.15, 0.2) is 0 Å². The second-order valence-electron chi connectivity index (χ2n) is 6.64. The molecule has 2 amide bonds. The molecule has 0 aliphatic rings. The fourth-order valence-electron chi connectivity index (χ4n) is 2.68. The number of aromatic nitrogens is 1. The Morgan fingerprint density at radius 1 is 1.18 bits per heavy atom. The van der Waals surface area contributed by atoms with Crippen LogP contribution >= 0.6 is 23.1 Å². The molecule has 1 N–H and O–H groups in total. The third-order valence-electron chi connectivity index (χ3n) is 4.23. The quantitative estimate of drug-likeness (QED) is 0.626. The summed E-state index contributed by atoms with van der Waals surface area (Å²) in [5.41, 5.74) is 2.87. The summed E-state index contributed by atoms with van der Waals surface area (Å²) in [6.45, 7) is 4.30. The van der Waals surface area contributed by atoms with E-state index in [4.69, 9.17) is 0 Å². The van der Waals surface area contributed by atoms with Crippen molar-refractivity contribution < 1.29 is 9.59 Å². The molecule has 0 radical (unpaired) electrons. The molecule has 0 fully saturated rings. The normalized spacial score (nSPS) is 12.0. The maximum absolute atomic E-state index is 12.6. The van der Waals surface area contributed by atoms with Crippen LogP contribution in [0, 0.1) is 6.92 Å². The number of para-hydroxylation sites is 1. The number of carbonyl (C=O) groups excluding carboxylic acids is 2. The summed E-state index contributed by atoms with van der Waals surface area (Å²) in [5, 5.41) is 3.46. The molecular weight excluding hydrogens is 390 g/mol. The molecule has 28 heavy (non-hydrogen) atoms. The van der Waals surface area contributed by atoms with Crippen LogP contribution in [0.2, 0.25) is 0 Å². The zero-order valence-corrected chi connectivity index (χ0v) is 17.8. The molecule has 3 rings (SSSR count). The molecule has 1 heterocycles. The smallest absolute Gasteiger partial charge is 0.235 e. The van der Waals surface area contributed by atoms with Gasteiger partial charge >= 0.3 is 0 Å². The number of anilines is 1. The third kappa shape index (κ3) is 5.33. The number of nitrogens with one attached hydrogen (secondary N) is 1. The Morgan fingerprint density at radius 2 is 1.89 bits per heavy atom. The molecule has 0 aliphatic heterocycles. The van der Waals surface area contributed by atoms with Gasteiger partial charge in [0.1, 0.15) is 5.01 Å². The summed E-state index contributed by atoms with van der Waals surface area (Å²) in [6.07, 6.45) is 0. The van der Waals surface area contributed by atoms with Crippen LogP contribution in [0.5, 0.6) is 0 Å². The summed E-state index contributed by atoms with van der Waals surface area (Å²) in [4.78, 5) is 31.0. The molecule has 7 heteroatoms. The average molecular weight is 414 g/mol. The van der Waals surface area contributed by atoms with Crippen molar-refractivity contribution in [2.45, 2.75) is 25.6 Å². The molecule has 1 unspecified atom stereocenters. The molecule has 0 bridgehead atoms. The molecule has 0 spiro atoms. The molecule has 5 nitrogen and oxygen atoms in total. The topological polar surface area (TPSA) is 62.3 Å². The molecule has 1 aromatic heterocycles. The number of thiazole rings is 1. The Balaban J connectivity index is 1.48. The Hall–Kier alpha value is -2.38. The minimum atomic E-state index is -0.303. The van der Waals surface area contributed by atoms with Crippen molar-refractivity contribution in [3.05, 3.63) is 59.1 Å². The lowest BCUT2D eigenvalue weighted by molar-refractivity contribution is -0.129. The van der Waals surface area contributed by atoms with Crippen molar-refractivity contribution in [2.24, 2.45) is 0 Å². The second-order valence-corrected chi connectivity index (χ2v) is 9.08. The highest BCUT2D eigenvalue weighted by molar-refractivity contribution is 8.01. The summed E-state index contributed by atoms with van der Waals surface area (Å²) >= 11 is 2.94. The van der Waals surface area contributed by atoms with Crippen LogP contribution in [-0.4, -0.2) is 39.7 Å². The van der Waals surface area contributed by atoms with E-state index in [1.165, 1.54) is 11.8 Å². The predicted octanol–water partition coefficient (Wildman–Crippen LogP) is 4.32. The van der Waals surface area contributed by atoms with Crippen LogP contribution in [0.1, 0.15) is 17.5 Å². The van der Waals surface area contributed by atoms with Crippen molar-refractivity contribution >= 4 is 50.8 Å². The van der Waals surface area contributed by atoms with Crippen molar-refractivity contribution in [1.29, 1.82) is 0 Å². The predicted molar refractivity (Wildman–Crippen MR) is 118 cm³/mol. The largest absolute Gasteiger partial charge is 0.338 e. The van der Waals surface area contributed by atoms with E-state index in [0.717, 1.165) is 26.5 Å². The summed E-state index contributed by atoms with van der Waals surface area (Å²) < 4.78 is 1.12. The average Bonchev–Trinajstić information content (AvgIpc) is 3.09. The van der Waals surface area contributed by atoms with Gasteiger partial charge in [-0.25, -0.2) is 4.98 Å². The molecule has 1 atom stereocenters. The molecule has 146 valence electrons. The number of aryl methyl sites for hydroxylation is 1. The lowest BCUT2D eigenvalue weighted by Gasteiger charge is -2.20. The van der Waals surface area contributed by atoms with Crippen LogP contribution < -0.4 is 5.32 Å². The zero-order valence-electron chi connectivity index (χ0n) is 16.1. The molecular formula is C21H23N3O2S2. The SMILES string of the molecule is Cc1ccc(NC(=O)CSC(C)C(=O)N(C)Cc2nc3ccccc3s2)cc1. The van der Waals surface area contributed by atoms with Crippen LogP contribution in [-0.2, 0) is 16.1 Å². The zero-order chi connectivity index (χ0) is 20.1. The van der Waals surface area contributed by atoms with Gasteiger partial charge in [0, 0.05) is 12.7 Å². The van der Waals surface area contributed by atoms with Gasteiger partial charge in [-0.05, 0) is 38.1 Å². The number of thioether (sulfide) groups is 1. The number of amides is 2. The first-order chi connectivity index (χ1) is 13.4. The molecule has 0 saturated heterocycles. The second kappa shape index (κ2) is 9.21. The minimum Gasteiger partial charge on any atom is -0.338 e. The first-order valence-corrected chi connectivity index (χ1v) is 10.9. The highest BCUT2D eigenvalue weighted by atomic mass is 32.2. The highest BCUT2D eigenvalue weighted by Gasteiger charge is 2.20. The van der Waals surface area contributed by atoms with Gasteiger partial charge in [0.05, 0.1) is 27.8 Å². The van der Waals surface area contributed by atoms with Crippen molar-refractivity contribution in [3.63, 3.8) is 0 Å². The molecule has 0 saturated carbocycles. The first-order valence-electron chi connectivity index (χ1n) is 9.00. The van der Waals surface area contributed by atoms with Gasteiger partial charge in [-0.1, -0.05) is 29.8 Å². The van der Waals surface area contributed by atoms with E-state index < -0.39 is 0 Å². The van der Waals surface area contributed by atoms with Crippen LogP contribution in [0.15, 0.2) is 48.5 Å². The summed E-state index contributed by atoms with van der Waals surface area (Å²) in [5.74, 6) is 0.116. The highest BCUT2D eigenvalue weighted by Crippen LogP contribution is 2.23. The van der Waals surface area contributed by atoms with E-state index in [0.29, 0.717) is 6.54 Å². The van der Waals surface area contributed by atoms with Crippen molar-refractivity contribution in [1.82, 2.24) is 9.88 Å². The third-order valence-corrected chi connectivity index (χ3v) is 6.39. The molecule has 3 aromatic rings. The van der Waals surface area contributed by atoms with Crippen LogP contribution in [0.3, 0.4) is 0 Å². The van der Waals surface area contributed by atoms with Gasteiger partial charge in [0.2, 0.25) is 11.8 Å². The van der Waals surface area contributed by atoms with E-state index in [1.54, 1.807) is 23.3 Å². The Bertz CT molecular complexity index is 936. The van der Waals surface area contributed by atoms with E-state index in [1.807, 2.05) is 62.4 Å². The van der Waals surface area contributed by atoms with E-state index in [-0.39, 0.29) is 22.8 Å². The van der Waals surface area contributed by atoms with Gasteiger partial charge < -0.3 is 10.2 Å². The number of fused-ring (bicyclic) bond motifs is 1. The van der Waals surface area contributed by atoms with Crippen LogP contribution in [0.25, 0.3) is 10.2 Å². The minimum absolute atomic E-state index is 0.00704. The number of nitrogens with zero attached hydrogens (tertiary/aromatic N) is 2.